The van der Waals surface area contributed by atoms with Gasteiger partial charge in [0.15, 0.2) is 5.82 Å². The Kier molecular flexibility index (Phi) is 5.99. The maximum absolute atomic E-state index is 5.57. The van der Waals surface area contributed by atoms with Crippen LogP contribution in [0.25, 0.3) is 0 Å². The van der Waals surface area contributed by atoms with Gasteiger partial charge in [0.1, 0.15) is 5.75 Å². The van der Waals surface area contributed by atoms with Gasteiger partial charge in [0, 0.05) is 26.2 Å². The largest absolute Gasteiger partial charge is 0.495 e. The highest BCUT2D eigenvalue weighted by Gasteiger charge is 2.31. The number of nitrogens with zero attached hydrogens (tertiary/aromatic N) is 6. The van der Waals surface area contributed by atoms with Gasteiger partial charge in [-0.25, -0.2) is 4.68 Å². The van der Waals surface area contributed by atoms with Crippen LogP contribution in [0.3, 0.4) is 0 Å². The van der Waals surface area contributed by atoms with Crippen LogP contribution in [0.2, 0.25) is 0 Å². The van der Waals surface area contributed by atoms with Crippen molar-refractivity contribution in [3.05, 3.63) is 65.5 Å². The molecule has 2 aromatic carbocycles. The predicted molar refractivity (Wildman–Crippen MR) is 118 cm³/mol. The molecule has 0 bridgehead atoms. The molecule has 7 nitrogen and oxygen atoms in total. The zero-order valence-electron chi connectivity index (χ0n) is 18.2. The standard InChI is InChI=1S/C23H30N6O/c1-17(2)29-23(24-25-26-29)22(19-11-9-18(3)10-12-19)28-15-13-27(14-16-28)20-7-5-6-8-21(20)30-4/h5-12,17,22H,13-16H2,1-4H3/t22-/m0/s1. The van der Waals surface area contributed by atoms with Gasteiger partial charge in [0.2, 0.25) is 0 Å². The predicted octanol–water partition coefficient (Wildman–Crippen LogP) is 3.48. The van der Waals surface area contributed by atoms with E-state index in [0.29, 0.717) is 0 Å². The lowest BCUT2D eigenvalue weighted by atomic mass is 10.0. The van der Waals surface area contributed by atoms with Gasteiger partial charge in [-0.3, -0.25) is 4.90 Å². The van der Waals surface area contributed by atoms with Crippen molar-refractivity contribution in [2.24, 2.45) is 0 Å². The van der Waals surface area contributed by atoms with Crippen molar-refractivity contribution in [1.82, 2.24) is 25.1 Å². The summed E-state index contributed by atoms with van der Waals surface area (Å²) in [6.45, 7) is 10.0. The van der Waals surface area contributed by atoms with Crippen LogP contribution < -0.4 is 9.64 Å². The highest BCUT2D eigenvalue weighted by molar-refractivity contribution is 5.58. The van der Waals surface area contributed by atoms with Crippen LogP contribution >= 0.6 is 0 Å². The third-order valence-electron chi connectivity index (χ3n) is 5.75. The maximum atomic E-state index is 5.57. The fourth-order valence-corrected chi connectivity index (χ4v) is 4.13. The van der Waals surface area contributed by atoms with E-state index in [0.717, 1.165) is 43.4 Å². The highest BCUT2D eigenvalue weighted by atomic mass is 16.5. The number of ether oxygens (including phenoxy) is 1. The van der Waals surface area contributed by atoms with E-state index < -0.39 is 0 Å². The molecule has 1 aromatic heterocycles. The van der Waals surface area contributed by atoms with E-state index >= 15 is 0 Å². The Morgan fingerprint density at radius 2 is 1.63 bits per heavy atom. The van der Waals surface area contributed by atoms with Gasteiger partial charge < -0.3 is 9.64 Å². The molecule has 0 spiro atoms. The third-order valence-corrected chi connectivity index (χ3v) is 5.75. The number of hydrogen-bond acceptors (Lipinski definition) is 6. The van der Waals surface area contributed by atoms with Crippen molar-refractivity contribution in [3.63, 3.8) is 0 Å². The van der Waals surface area contributed by atoms with Crippen LogP contribution in [0.1, 0.15) is 42.9 Å². The lowest BCUT2D eigenvalue weighted by Crippen LogP contribution is -2.48. The Hall–Kier alpha value is -2.93. The van der Waals surface area contributed by atoms with Crippen molar-refractivity contribution in [3.8, 4) is 5.75 Å². The van der Waals surface area contributed by atoms with Crippen molar-refractivity contribution >= 4 is 5.69 Å². The second-order valence-electron chi connectivity index (χ2n) is 8.08. The number of aryl methyl sites for hydroxylation is 1. The first-order valence-corrected chi connectivity index (χ1v) is 10.5. The summed E-state index contributed by atoms with van der Waals surface area (Å²) in [6, 6.07) is 17.2. The second-order valence-corrected chi connectivity index (χ2v) is 8.08. The summed E-state index contributed by atoms with van der Waals surface area (Å²) in [7, 11) is 1.73. The number of tetrazole rings is 1. The van der Waals surface area contributed by atoms with Gasteiger partial charge in [0.25, 0.3) is 0 Å². The van der Waals surface area contributed by atoms with Gasteiger partial charge >= 0.3 is 0 Å². The van der Waals surface area contributed by atoms with Crippen molar-refractivity contribution in [2.45, 2.75) is 32.9 Å². The smallest absolute Gasteiger partial charge is 0.173 e. The van der Waals surface area contributed by atoms with E-state index in [4.69, 9.17) is 4.74 Å². The van der Waals surface area contributed by atoms with E-state index in [9.17, 15) is 0 Å². The Morgan fingerprint density at radius 1 is 0.933 bits per heavy atom. The van der Waals surface area contributed by atoms with Crippen LogP contribution in [0.4, 0.5) is 5.69 Å². The van der Waals surface area contributed by atoms with Crippen molar-refractivity contribution in [1.29, 1.82) is 0 Å². The average Bonchev–Trinajstić information content (AvgIpc) is 3.25. The number of rotatable bonds is 6. The minimum atomic E-state index is 0.0304. The Bertz CT molecular complexity index is 960. The summed E-state index contributed by atoms with van der Waals surface area (Å²) in [5.41, 5.74) is 3.63. The first-order chi connectivity index (χ1) is 14.6. The molecule has 4 rings (SSSR count). The highest BCUT2D eigenvalue weighted by Crippen LogP contribution is 2.32. The first-order valence-electron chi connectivity index (χ1n) is 10.5. The Balaban J connectivity index is 1.61. The molecule has 0 unspecified atom stereocenters. The summed E-state index contributed by atoms with van der Waals surface area (Å²) < 4.78 is 7.51. The average molecular weight is 407 g/mol. The molecule has 2 heterocycles. The number of para-hydroxylation sites is 2. The topological polar surface area (TPSA) is 59.3 Å². The SMILES string of the molecule is COc1ccccc1N1CCN([C@@H](c2ccc(C)cc2)c2nnnn2C(C)C)CC1. The molecule has 0 amide bonds. The summed E-state index contributed by atoms with van der Waals surface area (Å²) in [5, 5.41) is 12.7. The third kappa shape index (κ3) is 4.03. The van der Waals surface area contributed by atoms with E-state index in [2.05, 4.69) is 82.5 Å². The molecule has 1 saturated heterocycles. The van der Waals surface area contributed by atoms with Gasteiger partial charge in [0.05, 0.1) is 24.9 Å². The van der Waals surface area contributed by atoms with E-state index in [1.165, 1.54) is 11.1 Å². The molecular formula is C23H30N6O. The number of aromatic nitrogens is 4. The molecule has 1 fully saturated rings. The lowest BCUT2D eigenvalue weighted by molar-refractivity contribution is 0.198. The molecule has 7 heteroatoms. The van der Waals surface area contributed by atoms with E-state index in [1.807, 2.05) is 16.8 Å². The normalized spacial score (nSPS) is 16.1. The molecule has 1 aliphatic heterocycles. The summed E-state index contributed by atoms with van der Waals surface area (Å²) in [5.74, 6) is 1.82. The molecule has 0 N–H and O–H groups in total. The second kappa shape index (κ2) is 8.83. The summed E-state index contributed by atoms with van der Waals surface area (Å²) in [4.78, 5) is 4.88. The summed E-state index contributed by atoms with van der Waals surface area (Å²) >= 11 is 0. The monoisotopic (exact) mass is 406 g/mol. The van der Waals surface area contributed by atoms with Crippen LogP contribution in [0, 0.1) is 6.92 Å². The first kappa shape index (κ1) is 20.3. The summed E-state index contributed by atoms with van der Waals surface area (Å²) in [6.07, 6.45) is 0. The molecule has 0 aliphatic carbocycles. The maximum Gasteiger partial charge on any atom is 0.173 e. The number of benzene rings is 2. The zero-order chi connectivity index (χ0) is 21.1. The van der Waals surface area contributed by atoms with Gasteiger partial charge in [-0.05, 0) is 48.9 Å². The molecule has 3 aromatic rings. The number of hydrogen-bond donors (Lipinski definition) is 0. The van der Waals surface area contributed by atoms with Crippen LogP contribution in [-0.2, 0) is 0 Å². The fraction of sp³-hybridized carbons (Fsp3) is 0.435. The molecule has 0 saturated carbocycles. The van der Waals surface area contributed by atoms with Crippen LogP contribution in [-0.4, -0.2) is 58.4 Å². The van der Waals surface area contributed by atoms with Gasteiger partial charge in [-0.15, -0.1) is 5.10 Å². The van der Waals surface area contributed by atoms with Crippen LogP contribution in [0.15, 0.2) is 48.5 Å². The molecule has 0 radical (unpaired) electrons. The van der Waals surface area contributed by atoms with Crippen molar-refractivity contribution < 1.29 is 4.74 Å². The Labute approximate surface area is 178 Å². The van der Waals surface area contributed by atoms with Crippen molar-refractivity contribution in [2.75, 3.05) is 38.2 Å². The zero-order valence-corrected chi connectivity index (χ0v) is 18.2. The molecular weight excluding hydrogens is 376 g/mol. The lowest BCUT2D eigenvalue weighted by Gasteiger charge is -2.40. The molecule has 30 heavy (non-hydrogen) atoms. The quantitative estimate of drug-likeness (QED) is 0.625. The number of methoxy groups -OCH3 is 1. The molecule has 1 atom stereocenters. The fourth-order valence-electron chi connectivity index (χ4n) is 4.13. The molecule has 158 valence electrons. The number of piperazine rings is 1. The number of anilines is 1. The van der Waals surface area contributed by atoms with Gasteiger partial charge in [-0.1, -0.05) is 42.0 Å². The Morgan fingerprint density at radius 3 is 2.30 bits per heavy atom. The minimum Gasteiger partial charge on any atom is -0.495 e. The van der Waals surface area contributed by atoms with Crippen LogP contribution in [0.5, 0.6) is 5.75 Å². The van der Waals surface area contributed by atoms with E-state index in [1.54, 1.807) is 7.11 Å². The molecule has 1 aliphatic rings. The van der Waals surface area contributed by atoms with E-state index in [-0.39, 0.29) is 12.1 Å². The minimum absolute atomic E-state index is 0.0304. The van der Waals surface area contributed by atoms with Gasteiger partial charge in [-0.2, -0.15) is 0 Å².